The molecule has 1 aliphatic heterocycles. The quantitative estimate of drug-likeness (QED) is 0.792. The minimum absolute atomic E-state index is 0.284. The summed E-state index contributed by atoms with van der Waals surface area (Å²) in [5.74, 6) is 1.99. The molecule has 3 aromatic rings. The molecule has 1 fully saturated rings. The van der Waals surface area contributed by atoms with Crippen molar-refractivity contribution in [2.45, 2.75) is 13.0 Å². The van der Waals surface area contributed by atoms with Crippen LogP contribution in [0.5, 0.6) is 5.75 Å². The number of benzene rings is 2. The smallest absolute Gasteiger partial charge is 0.142 e. The van der Waals surface area contributed by atoms with Crippen molar-refractivity contribution in [2.75, 3.05) is 38.2 Å². The third-order valence-electron chi connectivity index (χ3n) is 5.09. The van der Waals surface area contributed by atoms with Crippen LogP contribution < -0.4 is 9.64 Å². The van der Waals surface area contributed by atoms with E-state index in [9.17, 15) is 0 Å². The molecule has 2 heterocycles. The number of para-hydroxylation sites is 4. The first-order chi connectivity index (χ1) is 12.3. The number of piperazine rings is 1. The van der Waals surface area contributed by atoms with Crippen molar-refractivity contribution in [1.29, 1.82) is 0 Å². The van der Waals surface area contributed by atoms with E-state index < -0.39 is 0 Å². The second-order valence-corrected chi connectivity index (χ2v) is 6.51. The first-order valence-corrected chi connectivity index (χ1v) is 8.83. The SMILES string of the molecule is COc1ccccc1N1CCN(C(C)c2nc3ccccc3[nH]2)CC1. The third-order valence-corrected chi connectivity index (χ3v) is 5.09. The maximum absolute atomic E-state index is 5.51. The van der Waals surface area contributed by atoms with Gasteiger partial charge in [-0.2, -0.15) is 0 Å². The minimum Gasteiger partial charge on any atom is -0.495 e. The summed E-state index contributed by atoms with van der Waals surface area (Å²) in [6.07, 6.45) is 0. The summed E-state index contributed by atoms with van der Waals surface area (Å²) < 4.78 is 5.51. The van der Waals surface area contributed by atoms with Crippen LogP contribution in [0.3, 0.4) is 0 Å². The predicted molar refractivity (Wildman–Crippen MR) is 101 cm³/mol. The number of rotatable bonds is 4. The van der Waals surface area contributed by atoms with E-state index in [1.807, 2.05) is 24.3 Å². The Hall–Kier alpha value is -2.53. The van der Waals surface area contributed by atoms with Crippen LogP contribution in [-0.2, 0) is 0 Å². The van der Waals surface area contributed by atoms with Gasteiger partial charge in [-0.05, 0) is 31.2 Å². The van der Waals surface area contributed by atoms with Crippen molar-refractivity contribution in [2.24, 2.45) is 0 Å². The monoisotopic (exact) mass is 336 g/mol. The molecule has 0 bridgehead atoms. The zero-order chi connectivity index (χ0) is 17.2. The molecule has 1 atom stereocenters. The standard InChI is InChI=1S/C20H24N4O/c1-15(20-21-16-7-3-4-8-17(16)22-20)23-11-13-24(14-12-23)18-9-5-6-10-19(18)25-2/h3-10,15H,11-14H2,1-2H3,(H,21,22). The number of H-pyrrole nitrogens is 1. The van der Waals surface area contributed by atoms with Gasteiger partial charge in [-0.3, -0.25) is 4.90 Å². The van der Waals surface area contributed by atoms with Crippen LogP contribution >= 0.6 is 0 Å². The first-order valence-electron chi connectivity index (χ1n) is 8.83. The average Bonchev–Trinajstić information content (AvgIpc) is 3.12. The van der Waals surface area contributed by atoms with Gasteiger partial charge in [-0.15, -0.1) is 0 Å². The summed E-state index contributed by atoms with van der Waals surface area (Å²) in [6.45, 7) is 6.23. The van der Waals surface area contributed by atoms with E-state index in [1.165, 1.54) is 5.69 Å². The van der Waals surface area contributed by atoms with Gasteiger partial charge in [0.05, 0.1) is 29.9 Å². The average molecular weight is 336 g/mol. The van der Waals surface area contributed by atoms with Gasteiger partial charge in [0, 0.05) is 26.2 Å². The number of nitrogens with one attached hydrogen (secondary N) is 1. The number of imidazole rings is 1. The number of hydrogen-bond acceptors (Lipinski definition) is 4. The predicted octanol–water partition coefficient (Wildman–Crippen LogP) is 3.45. The molecule has 4 rings (SSSR count). The summed E-state index contributed by atoms with van der Waals surface area (Å²) in [5.41, 5.74) is 3.33. The molecule has 1 aromatic heterocycles. The van der Waals surface area contributed by atoms with Gasteiger partial charge in [0.2, 0.25) is 0 Å². The molecule has 1 unspecified atom stereocenters. The van der Waals surface area contributed by atoms with Gasteiger partial charge in [0.1, 0.15) is 11.6 Å². The van der Waals surface area contributed by atoms with E-state index in [2.05, 4.69) is 46.0 Å². The lowest BCUT2D eigenvalue weighted by Crippen LogP contribution is -2.47. The zero-order valence-corrected chi connectivity index (χ0v) is 14.8. The van der Waals surface area contributed by atoms with Crippen molar-refractivity contribution < 1.29 is 4.74 Å². The van der Waals surface area contributed by atoms with Crippen LogP contribution in [0.15, 0.2) is 48.5 Å². The molecular formula is C20H24N4O. The topological polar surface area (TPSA) is 44.4 Å². The highest BCUT2D eigenvalue weighted by Crippen LogP contribution is 2.30. The summed E-state index contributed by atoms with van der Waals surface area (Å²) >= 11 is 0. The highest BCUT2D eigenvalue weighted by atomic mass is 16.5. The van der Waals surface area contributed by atoms with Crippen LogP contribution in [-0.4, -0.2) is 48.2 Å². The Morgan fingerprint density at radius 3 is 2.48 bits per heavy atom. The number of fused-ring (bicyclic) bond motifs is 1. The molecule has 25 heavy (non-hydrogen) atoms. The van der Waals surface area contributed by atoms with Crippen molar-refractivity contribution >= 4 is 16.7 Å². The van der Waals surface area contributed by atoms with Gasteiger partial charge >= 0.3 is 0 Å². The number of nitrogens with zero attached hydrogens (tertiary/aromatic N) is 3. The Morgan fingerprint density at radius 1 is 1.00 bits per heavy atom. The number of hydrogen-bond donors (Lipinski definition) is 1. The van der Waals surface area contributed by atoms with Gasteiger partial charge in [-0.25, -0.2) is 4.98 Å². The molecule has 2 aromatic carbocycles. The fourth-order valence-corrected chi connectivity index (χ4v) is 3.58. The van der Waals surface area contributed by atoms with E-state index >= 15 is 0 Å². The number of methoxy groups -OCH3 is 1. The number of aromatic amines is 1. The molecule has 1 saturated heterocycles. The van der Waals surface area contributed by atoms with Crippen molar-refractivity contribution in [1.82, 2.24) is 14.9 Å². The third kappa shape index (κ3) is 3.07. The van der Waals surface area contributed by atoms with Crippen molar-refractivity contribution in [3.05, 3.63) is 54.4 Å². The highest BCUT2D eigenvalue weighted by molar-refractivity contribution is 5.74. The lowest BCUT2D eigenvalue weighted by atomic mass is 10.2. The maximum Gasteiger partial charge on any atom is 0.142 e. The first kappa shape index (κ1) is 16.0. The maximum atomic E-state index is 5.51. The van der Waals surface area contributed by atoms with Gasteiger partial charge in [-0.1, -0.05) is 24.3 Å². The van der Waals surface area contributed by atoms with Gasteiger partial charge in [0.15, 0.2) is 0 Å². The Labute approximate surface area is 148 Å². The Bertz CT molecular complexity index is 819. The van der Waals surface area contributed by atoms with Crippen LogP contribution in [0.25, 0.3) is 11.0 Å². The second-order valence-electron chi connectivity index (χ2n) is 6.51. The van der Waals surface area contributed by atoms with Crippen LogP contribution in [0.4, 0.5) is 5.69 Å². The van der Waals surface area contributed by atoms with E-state index in [0.29, 0.717) is 0 Å². The molecule has 5 nitrogen and oxygen atoms in total. The van der Waals surface area contributed by atoms with E-state index in [1.54, 1.807) is 7.11 Å². The summed E-state index contributed by atoms with van der Waals surface area (Å²) in [5, 5.41) is 0. The van der Waals surface area contributed by atoms with E-state index in [4.69, 9.17) is 9.72 Å². The molecule has 130 valence electrons. The highest BCUT2D eigenvalue weighted by Gasteiger charge is 2.25. The number of ether oxygens (including phenoxy) is 1. The molecule has 0 amide bonds. The van der Waals surface area contributed by atoms with E-state index in [-0.39, 0.29) is 6.04 Å². The Morgan fingerprint density at radius 2 is 1.72 bits per heavy atom. The summed E-state index contributed by atoms with van der Waals surface area (Å²) in [6, 6.07) is 16.7. The normalized spacial score (nSPS) is 17.0. The second kappa shape index (κ2) is 6.76. The van der Waals surface area contributed by atoms with Crippen molar-refractivity contribution in [3.8, 4) is 5.75 Å². The Balaban J connectivity index is 1.46. The van der Waals surface area contributed by atoms with Crippen LogP contribution in [0.1, 0.15) is 18.8 Å². The van der Waals surface area contributed by atoms with Crippen LogP contribution in [0, 0.1) is 0 Å². The largest absolute Gasteiger partial charge is 0.495 e. The molecule has 0 radical (unpaired) electrons. The lowest BCUT2D eigenvalue weighted by Gasteiger charge is -2.38. The van der Waals surface area contributed by atoms with Gasteiger partial charge in [0.25, 0.3) is 0 Å². The molecule has 0 aliphatic carbocycles. The summed E-state index contributed by atoms with van der Waals surface area (Å²) in [4.78, 5) is 13.1. The fraction of sp³-hybridized carbons (Fsp3) is 0.350. The Kier molecular flexibility index (Phi) is 4.32. The molecule has 1 N–H and O–H groups in total. The molecule has 0 saturated carbocycles. The number of anilines is 1. The van der Waals surface area contributed by atoms with Crippen molar-refractivity contribution in [3.63, 3.8) is 0 Å². The molecule has 5 heteroatoms. The molecule has 0 spiro atoms. The lowest BCUT2D eigenvalue weighted by molar-refractivity contribution is 0.192. The molecule has 1 aliphatic rings. The summed E-state index contributed by atoms with van der Waals surface area (Å²) in [7, 11) is 1.73. The van der Waals surface area contributed by atoms with Gasteiger partial charge < -0.3 is 14.6 Å². The van der Waals surface area contributed by atoms with E-state index in [0.717, 1.165) is 48.8 Å². The zero-order valence-electron chi connectivity index (χ0n) is 14.8. The van der Waals surface area contributed by atoms with Crippen LogP contribution in [0.2, 0.25) is 0 Å². The fourth-order valence-electron chi connectivity index (χ4n) is 3.58. The number of aromatic nitrogens is 2. The molecular weight excluding hydrogens is 312 g/mol. The minimum atomic E-state index is 0.284.